The van der Waals surface area contributed by atoms with E-state index in [1.807, 2.05) is 32.0 Å². The van der Waals surface area contributed by atoms with Crippen LogP contribution in [0.25, 0.3) is 10.9 Å². The fourth-order valence-electron chi connectivity index (χ4n) is 2.02. The molecule has 0 aliphatic carbocycles. The summed E-state index contributed by atoms with van der Waals surface area (Å²) in [7, 11) is 0. The summed E-state index contributed by atoms with van der Waals surface area (Å²) < 4.78 is 0. The Kier molecular flexibility index (Phi) is 3.31. The van der Waals surface area contributed by atoms with Gasteiger partial charge >= 0.3 is 0 Å². The fraction of sp³-hybridized carbons (Fsp3) is 0.214. The summed E-state index contributed by atoms with van der Waals surface area (Å²) in [4.78, 5) is 19.6. The van der Waals surface area contributed by atoms with Gasteiger partial charge in [-0.1, -0.05) is 23.4 Å². The minimum absolute atomic E-state index is 0.0456. The molecule has 3 rings (SSSR count). The van der Waals surface area contributed by atoms with E-state index in [-0.39, 0.29) is 5.43 Å². The number of thioether (sulfide) groups is 1. The Bertz CT molecular complexity index is 821. The molecule has 0 fully saturated rings. The Morgan fingerprint density at radius 1 is 1.25 bits per heavy atom. The van der Waals surface area contributed by atoms with E-state index in [4.69, 9.17) is 0 Å². The largest absolute Gasteiger partial charge is 0.357 e. The first-order valence-electron chi connectivity index (χ1n) is 6.26. The maximum atomic E-state index is 12.1. The van der Waals surface area contributed by atoms with Crippen molar-refractivity contribution in [2.24, 2.45) is 0 Å². The zero-order valence-corrected chi connectivity index (χ0v) is 12.0. The lowest BCUT2D eigenvalue weighted by Crippen LogP contribution is -2.04. The molecule has 0 radical (unpaired) electrons. The molecule has 0 saturated heterocycles. The first-order valence-corrected chi connectivity index (χ1v) is 7.25. The molecule has 0 bridgehead atoms. The Morgan fingerprint density at radius 3 is 2.85 bits per heavy atom. The number of hydrogen-bond donors (Lipinski definition) is 2. The lowest BCUT2D eigenvalue weighted by molar-refractivity contribution is 0.968. The van der Waals surface area contributed by atoms with Gasteiger partial charge in [-0.3, -0.25) is 9.89 Å². The molecule has 0 spiro atoms. The molecule has 0 unspecified atom stereocenters. The van der Waals surface area contributed by atoms with Gasteiger partial charge in [-0.25, -0.2) is 4.98 Å². The van der Waals surface area contributed by atoms with Crippen molar-refractivity contribution in [1.82, 2.24) is 20.2 Å². The number of nitrogens with one attached hydrogen (secondary N) is 2. The van der Waals surface area contributed by atoms with E-state index >= 15 is 0 Å². The van der Waals surface area contributed by atoms with E-state index in [1.165, 1.54) is 11.8 Å². The Morgan fingerprint density at radius 2 is 2.10 bits per heavy atom. The molecule has 2 heterocycles. The van der Waals surface area contributed by atoms with Gasteiger partial charge in [-0.2, -0.15) is 0 Å². The summed E-state index contributed by atoms with van der Waals surface area (Å²) in [5.74, 6) is 1.42. The normalized spacial score (nSPS) is 11.1. The summed E-state index contributed by atoms with van der Waals surface area (Å²) in [5, 5.41) is 8.28. The van der Waals surface area contributed by atoms with Crippen LogP contribution in [0.4, 0.5) is 0 Å². The molecule has 0 saturated carbocycles. The van der Waals surface area contributed by atoms with Crippen molar-refractivity contribution in [2.75, 3.05) is 0 Å². The minimum Gasteiger partial charge on any atom is -0.357 e. The van der Waals surface area contributed by atoms with Gasteiger partial charge in [-0.15, -0.1) is 5.10 Å². The third kappa shape index (κ3) is 2.60. The van der Waals surface area contributed by atoms with Crippen LogP contribution in [0, 0.1) is 13.8 Å². The highest BCUT2D eigenvalue weighted by molar-refractivity contribution is 7.98. The van der Waals surface area contributed by atoms with E-state index in [1.54, 1.807) is 6.07 Å². The lowest BCUT2D eigenvalue weighted by Gasteiger charge is -2.03. The number of aryl methyl sites for hydroxylation is 2. The number of rotatable bonds is 3. The van der Waals surface area contributed by atoms with Crippen molar-refractivity contribution in [1.29, 1.82) is 0 Å². The van der Waals surface area contributed by atoms with Crippen LogP contribution in [-0.2, 0) is 5.75 Å². The predicted octanol–water partition coefficient (Wildman–Crippen LogP) is 2.56. The second-order valence-corrected chi connectivity index (χ2v) is 5.64. The molecule has 0 amide bonds. The number of aromatic nitrogens is 4. The highest BCUT2D eigenvalue weighted by atomic mass is 32.2. The van der Waals surface area contributed by atoms with Gasteiger partial charge < -0.3 is 4.98 Å². The topological polar surface area (TPSA) is 74.4 Å². The molecule has 2 N–H and O–H groups in total. The van der Waals surface area contributed by atoms with Gasteiger partial charge in [0.25, 0.3) is 0 Å². The van der Waals surface area contributed by atoms with Crippen LogP contribution in [0.2, 0.25) is 0 Å². The highest BCUT2D eigenvalue weighted by Crippen LogP contribution is 2.18. The molecule has 102 valence electrons. The molecule has 6 heteroatoms. The van der Waals surface area contributed by atoms with Gasteiger partial charge in [0, 0.05) is 28.4 Å². The van der Waals surface area contributed by atoms with Gasteiger partial charge in [0.05, 0.1) is 0 Å². The monoisotopic (exact) mass is 286 g/mol. The van der Waals surface area contributed by atoms with Crippen LogP contribution in [0.5, 0.6) is 0 Å². The first-order chi connectivity index (χ1) is 9.61. The first kappa shape index (κ1) is 12.9. The fourth-order valence-corrected chi connectivity index (χ4v) is 2.77. The molecule has 20 heavy (non-hydrogen) atoms. The molecular weight excluding hydrogens is 272 g/mol. The number of H-pyrrole nitrogens is 2. The standard InChI is InChI=1S/C14H14N4OS/c1-8-3-4-12-11(5-8)13(19)6-10(16-12)7-20-14-15-9(2)17-18-14/h3-6H,7H2,1-2H3,(H,16,19)(H,15,17,18). The van der Waals surface area contributed by atoms with E-state index < -0.39 is 0 Å². The third-order valence-electron chi connectivity index (χ3n) is 2.97. The van der Waals surface area contributed by atoms with Crippen LogP contribution in [0.15, 0.2) is 34.2 Å². The number of benzene rings is 1. The summed E-state index contributed by atoms with van der Waals surface area (Å²) in [5.41, 5.74) is 2.87. The Balaban J connectivity index is 1.89. The van der Waals surface area contributed by atoms with Gasteiger partial charge in [0.15, 0.2) is 5.43 Å². The number of aromatic amines is 2. The average molecular weight is 286 g/mol. The number of pyridine rings is 1. The molecule has 1 aromatic carbocycles. The summed E-state index contributed by atoms with van der Waals surface area (Å²) >= 11 is 1.49. The molecule has 2 aromatic heterocycles. The van der Waals surface area contributed by atoms with E-state index in [9.17, 15) is 4.79 Å². The van der Waals surface area contributed by atoms with E-state index in [0.29, 0.717) is 10.9 Å². The zero-order valence-electron chi connectivity index (χ0n) is 11.2. The quantitative estimate of drug-likeness (QED) is 0.726. The smallest absolute Gasteiger partial charge is 0.208 e. The SMILES string of the molecule is Cc1ccc2[nH]c(CSc3n[nH]c(C)n3)cc(=O)c2c1. The van der Waals surface area contributed by atoms with Crippen molar-refractivity contribution in [3.8, 4) is 0 Å². The maximum Gasteiger partial charge on any atom is 0.208 e. The lowest BCUT2D eigenvalue weighted by atomic mass is 10.1. The van der Waals surface area contributed by atoms with Gasteiger partial charge in [0.1, 0.15) is 5.82 Å². The van der Waals surface area contributed by atoms with Crippen molar-refractivity contribution in [3.05, 3.63) is 51.6 Å². The number of fused-ring (bicyclic) bond motifs is 1. The summed E-state index contributed by atoms with van der Waals surface area (Å²) in [6.07, 6.45) is 0. The van der Waals surface area contributed by atoms with E-state index in [0.717, 1.165) is 28.0 Å². The van der Waals surface area contributed by atoms with Crippen LogP contribution >= 0.6 is 11.8 Å². The molecule has 3 aromatic rings. The van der Waals surface area contributed by atoms with Gasteiger partial charge in [0.2, 0.25) is 5.16 Å². The molecule has 0 aliphatic rings. The van der Waals surface area contributed by atoms with Crippen LogP contribution in [0.3, 0.4) is 0 Å². The van der Waals surface area contributed by atoms with Crippen molar-refractivity contribution >= 4 is 22.7 Å². The number of hydrogen-bond acceptors (Lipinski definition) is 4. The van der Waals surface area contributed by atoms with E-state index in [2.05, 4.69) is 20.2 Å². The second-order valence-electron chi connectivity index (χ2n) is 4.70. The summed E-state index contributed by atoms with van der Waals surface area (Å²) in [6, 6.07) is 7.49. The van der Waals surface area contributed by atoms with Crippen LogP contribution in [0.1, 0.15) is 17.1 Å². The Hall–Kier alpha value is -2.08. The highest BCUT2D eigenvalue weighted by Gasteiger charge is 2.05. The van der Waals surface area contributed by atoms with Crippen molar-refractivity contribution < 1.29 is 0 Å². The molecule has 0 atom stereocenters. The predicted molar refractivity (Wildman–Crippen MR) is 80.0 cm³/mol. The molecule has 5 nitrogen and oxygen atoms in total. The third-order valence-corrected chi connectivity index (χ3v) is 3.87. The second kappa shape index (κ2) is 5.13. The van der Waals surface area contributed by atoms with Crippen LogP contribution in [-0.4, -0.2) is 20.2 Å². The van der Waals surface area contributed by atoms with Crippen molar-refractivity contribution in [2.45, 2.75) is 24.8 Å². The zero-order chi connectivity index (χ0) is 14.1. The minimum atomic E-state index is 0.0456. The average Bonchev–Trinajstić information content (AvgIpc) is 2.83. The van der Waals surface area contributed by atoms with Crippen molar-refractivity contribution in [3.63, 3.8) is 0 Å². The molecular formula is C14H14N4OS. The van der Waals surface area contributed by atoms with Crippen LogP contribution < -0.4 is 5.43 Å². The summed E-state index contributed by atoms with van der Waals surface area (Å²) in [6.45, 7) is 3.84. The maximum absolute atomic E-state index is 12.1. The Labute approximate surface area is 119 Å². The molecule has 0 aliphatic heterocycles. The number of nitrogens with zero attached hydrogens (tertiary/aromatic N) is 2. The van der Waals surface area contributed by atoms with Gasteiger partial charge in [-0.05, 0) is 26.0 Å².